The van der Waals surface area contributed by atoms with Crippen molar-refractivity contribution in [1.82, 2.24) is 0 Å². The van der Waals surface area contributed by atoms with Gasteiger partial charge in [0.2, 0.25) is 0 Å². The first kappa shape index (κ1) is 12.3. The first-order valence-electron chi connectivity index (χ1n) is 3.33. The van der Waals surface area contributed by atoms with Crippen LogP contribution in [0.3, 0.4) is 0 Å². The predicted octanol–water partition coefficient (Wildman–Crippen LogP) is 1.86. The van der Waals surface area contributed by atoms with Gasteiger partial charge in [-0.1, -0.05) is 6.07 Å². The Labute approximate surface area is 87.2 Å². The molecule has 0 heterocycles. The maximum atomic E-state index is 11.0. The van der Waals surface area contributed by atoms with Crippen LogP contribution in [0.4, 0.5) is 0 Å². The summed E-state index contributed by atoms with van der Waals surface area (Å²) in [6.07, 6.45) is 0. The molecular weight excluding hydrogens is 210 g/mol. The summed E-state index contributed by atoms with van der Waals surface area (Å²) >= 11 is 1.10. The van der Waals surface area contributed by atoms with E-state index in [0.29, 0.717) is 5.56 Å². The Kier molecular flexibility index (Phi) is 5.53. The Balaban J connectivity index is 0.00000144. The zero-order valence-corrected chi connectivity index (χ0v) is 8.65. The second-order valence-electron chi connectivity index (χ2n) is 2.14. The molecule has 0 aromatic heterocycles. The van der Waals surface area contributed by atoms with Crippen molar-refractivity contribution < 1.29 is 9.53 Å². The van der Waals surface area contributed by atoms with E-state index in [1.807, 2.05) is 6.07 Å². The van der Waals surface area contributed by atoms with Crippen molar-refractivity contribution in [2.75, 3.05) is 7.11 Å². The van der Waals surface area contributed by atoms with Crippen molar-refractivity contribution in [1.29, 1.82) is 0 Å². The van der Waals surface area contributed by atoms with Gasteiger partial charge in [0, 0.05) is 4.90 Å². The van der Waals surface area contributed by atoms with E-state index in [4.69, 9.17) is 5.14 Å². The van der Waals surface area contributed by atoms with Gasteiger partial charge in [-0.05, 0) is 30.1 Å². The fourth-order valence-electron chi connectivity index (χ4n) is 0.814. The minimum Gasteiger partial charge on any atom is -0.465 e. The summed E-state index contributed by atoms with van der Waals surface area (Å²) in [5.74, 6) is -0.342. The summed E-state index contributed by atoms with van der Waals surface area (Å²) in [7, 11) is 1.35. The lowest BCUT2D eigenvalue weighted by molar-refractivity contribution is 0.0600. The Morgan fingerprint density at radius 2 is 2.23 bits per heavy atom. The van der Waals surface area contributed by atoms with Gasteiger partial charge in [-0.25, -0.2) is 4.79 Å². The second kappa shape index (κ2) is 5.85. The standard InChI is InChI=1S/C8H9NO2S.ClH/c1-11-8(10)6-3-2-4-7(5-6)12-9;/h2-5H,9H2,1H3;1H. The Morgan fingerprint density at radius 1 is 1.54 bits per heavy atom. The van der Waals surface area contributed by atoms with Crippen molar-refractivity contribution in [2.45, 2.75) is 4.90 Å². The topological polar surface area (TPSA) is 52.3 Å². The van der Waals surface area contributed by atoms with E-state index in [0.717, 1.165) is 16.8 Å². The molecular formula is C8H10ClNO2S. The molecule has 1 aromatic rings. The highest BCUT2D eigenvalue weighted by atomic mass is 35.5. The largest absolute Gasteiger partial charge is 0.465 e. The number of hydrogen-bond acceptors (Lipinski definition) is 4. The van der Waals surface area contributed by atoms with E-state index in [1.54, 1.807) is 18.2 Å². The van der Waals surface area contributed by atoms with Crippen LogP contribution in [0.15, 0.2) is 29.2 Å². The molecule has 1 aromatic carbocycles. The molecule has 1 rings (SSSR count). The Hall–Kier alpha value is -0.710. The zero-order valence-electron chi connectivity index (χ0n) is 7.02. The minimum absolute atomic E-state index is 0. The van der Waals surface area contributed by atoms with E-state index in [1.165, 1.54) is 7.11 Å². The fourth-order valence-corrected chi connectivity index (χ4v) is 1.17. The number of halogens is 1. The van der Waals surface area contributed by atoms with Crippen LogP contribution >= 0.6 is 24.4 Å². The molecule has 5 heteroatoms. The van der Waals surface area contributed by atoms with E-state index in [9.17, 15) is 4.79 Å². The number of nitrogens with two attached hydrogens (primary N) is 1. The van der Waals surface area contributed by atoms with Crippen LogP contribution in [0.1, 0.15) is 10.4 Å². The van der Waals surface area contributed by atoms with E-state index < -0.39 is 0 Å². The smallest absolute Gasteiger partial charge is 0.337 e. The number of ether oxygens (including phenoxy) is 1. The predicted molar refractivity (Wildman–Crippen MR) is 55.1 cm³/mol. The third-order valence-electron chi connectivity index (χ3n) is 1.39. The summed E-state index contributed by atoms with van der Waals surface area (Å²) in [6, 6.07) is 6.97. The summed E-state index contributed by atoms with van der Waals surface area (Å²) in [4.78, 5) is 11.9. The second-order valence-corrected chi connectivity index (χ2v) is 2.84. The molecule has 0 atom stereocenters. The summed E-state index contributed by atoms with van der Waals surface area (Å²) in [6.45, 7) is 0. The maximum absolute atomic E-state index is 11.0. The molecule has 0 unspecified atom stereocenters. The molecule has 0 saturated heterocycles. The van der Waals surface area contributed by atoms with Crippen molar-refractivity contribution in [3.8, 4) is 0 Å². The highest BCUT2D eigenvalue weighted by molar-refractivity contribution is 7.97. The molecule has 13 heavy (non-hydrogen) atoms. The quantitative estimate of drug-likeness (QED) is 0.610. The molecule has 2 N–H and O–H groups in total. The monoisotopic (exact) mass is 219 g/mol. The van der Waals surface area contributed by atoms with Crippen LogP contribution in [0.5, 0.6) is 0 Å². The fraction of sp³-hybridized carbons (Fsp3) is 0.125. The highest BCUT2D eigenvalue weighted by Crippen LogP contribution is 2.13. The van der Waals surface area contributed by atoms with Gasteiger partial charge in [0.05, 0.1) is 12.7 Å². The minimum atomic E-state index is -0.342. The summed E-state index contributed by atoms with van der Waals surface area (Å²) < 4.78 is 4.55. The van der Waals surface area contributed by atoms with E-state index >= 15 is 0 Å². The molecule has 0 aliphatic carbocycles. The van der Waals surface area contributed by atoms with Gasteiger partial charge < -0.3 is 4.74 Å². The lowest BCUT2D eigenvalue weighted by atomic mass is 10.2. The molecule has 0 bridgehead atoms. The van der Waals surface area contributed by atoms with Crippen LogP contribution in [-0.4, -0.2) is 13.1 Å². The zero-order chi connectivity index (χ0) is 8.97. The average molecular weight is 220 g/mol. The van der Waals surface area contributed by atoms with Gasteiger partial charge in [0.15, 0.2) is 0 Å². The molecule has 0 saturated carbocycles. The van der Waals surface area contributed by atoms with Gasteiger partial charge in [-0.3, -0.25) is 5.14 Å². The molecule has 0 spiro atoms. The van der Waals surface area contributed by atoms with Crippen molar-refractivity contribution in [3.05, 3.63) is 29.8 Å². The van der Waals surface area contributed by atoms with Gasteiger partial charge >= 0.3 is 5.97 Å². The molecule has 0 fully saturated rings. The van der Waals surface area contributed by atoms with Gasteiger partial charge in [0.1, 0.15) is 0 Å². The summed E-state index contributed by atoms with van der Waals surface area (Å²) in [5, 5.41) is 5.32. The molecule has 72 valence electrons. The van der Waals surface area contributed by atoms with E-state index in [-0.39, 0.29) is 18.4 Å². The SMILES string of the molecule is COC(=O)c1cccc(SN)c1.Cl. The third kappa shape index (κ3) is 3.26. The normalized spacial score (nSPS) is 8.77. The third-order valence-corrected chi connectivity index (χ3v) is 1.92. The van der Waals surface area contributed by atoms with Gasteiger partial charge in [-0.2, -0.15) is 0 Å². The van der Waals surface area contributed by atoms with Crippen molar-refractivity contribution in [3.63, 3.8) is 0 Å². The van der Waals surface area contributed by atoms with E-state index in [2.05, 4.69) is 4.74 Å². The molecule has 0 amide bonds. The molecule has 3 nitrogen and oxygen atoms in total. The van der Waals surface area contributed by atoms with Gasteiger partial charge in [-0.15, -0.1) is 12.4 Å². The first-order chi connectivity index (χ1) is 5.77. The number of methoxy groups -OCH3 is 1. The lowest BCUT2D eigenvalue weighted by Gasteiger charge is -1.99. The maximum Gasteiger partial charge on any atom is 0.337 e. The number of carbonyl (C=O) groups is 1. The van der Waals surface area contributed by atoms with Crippen molar-refractivity contribution >= 4 is 30.3 Å². The average Bonchev–Trinajstić information content (AvgIpc) is 2.17. The number of carbonyl (C=O) groups excluding carboxylic acids is 1. The highest BCUT2D eigenvalue weighted by Gasteiger charge is 2.04. The number of esters is 1. The Bertz CT molecular complexity index is 293. The first-order valence-corrected chi connectivity index (χ1v) is 4.21. The molecule has 0 aliphatic heterocycles. The molecule has 0 aliphatic rings. The number of benzene rings is 1. The lowest BCUT2D eigenvalue weighted by Crippen LogP contribution is -2.00. The Morgan fingerprint density at radius 3 is 2.77 bits per heavy atom. The van der Waals surface area contributed by atoms with Crippen LogP contribution in [-0.2, 0) is 4.74 Å². The van der Waals surface area contributed by atoms with Crippen molar-refractivity contribution in [2.24, 2.45) is 5.14 Å². The van der Waals surface area contributed by atoms with Crippen LogP contribution in [0, 0.1) is 0 Å². The van der Waals surface area contributed by atoms with Gasteiger partial charge in [0.25, 0.3) is 0 Å². The summed E-state index contributed by atoms with van der Waals surface area (Å²) in [5.41, 5.74) is 0.521. The van der Waals surface area contributed by atoms with Crippen LogP contribution in [0.25, 0.3) is 0 Å². The number of rotatable bonds is 2. The number of hydrogen-bond donors (Lipinski definition) is 1. The van der Waals surface area contributed by atoms with Crippen LogP contribution < -0.4 is 5.14 Å². The van der Waals surface area contributed by atoms with Crippen LogP contribution in [0.2, 0.25) is 0 Å². The molecule has 0 radical (unpaired) electrons.